The summed E-state index contributed by atoms with van der Waals surface area (Å²) in [6.07, 6.45) is 1.71. The molecule has 2 aromatic rings. The molecule has 0 atom stereocenters. The van der Waals surface area contributed by atoms with Gasteiger partial charge in [0.2, 0.25) is 0 Å². The van der Waals surface area contributed by atoms with Crippen molar-refractivity contribution in [3.05, 3.63) is 38.7 Å². The van der Waals surface area contributed by atoms with E-state index in [-0.39, 0.29) is 5.75 Å². The van der Waals surface area contributed by atoms with Crippen LogP contribution in [0.25, 0.3) is 5.69 Å². The van der Waals surface area contributed by atoms with Crippen molar-refractivity contribution < 1.29 is 9.90 Å². The highest BCUT2D eigenvalue weighted by Crippen LogP contribution is 2.29. The molecule has 0 aliphatic carbocycles. The maximum atomic E-state index is 10.7. The lowest BCUT2D eigenvalue weighted by molar-refractivity contribution is -0.133. The van der Waals surface area contributed by atoms with Gasteiger partial charge in [-0.15, -0.1) is 0 Å². The molecule has 1 aromatic carbocycles. The van der Waals surface area contributed by atoms with Crippen LogP contribution < -0.4 is 0 Å². The standard InChI is InChI=1S/C12H10ClIN2O2S/c1-7-5-15-12(19-6-11(17)18)16(7)10-4-8(14)2-3-9(10)13/h2-5H,6H2,1H3,(H,17,18). The Morgan fingerprint density at radius 3 is 3.00 bits per heavy atom. The number of imidazole rings is 1. The molecule has 0 amide bonds. The summed E-state index contributed by atoms with van der Waals surface area (Å²) in [6.45, 7) is 1.91. The van der Waals surface area contributed by atoms with E-state index in [1.165, 1.54) is 11.8 Å². The molecule has 0 spiro atoms. The third-order valence-electron chi connectivity index (χ3n) is 2.38. The second kappa shape index (κ2) is 6.15. The van der Waals surface area contributed by atoms with Crippen molar-refractivity contribution >= 4 is 51.9 Å². The summed E-state index contributed by atoms with van der Waals surface area (Å²) < 4.78 is 2.93. The molecule has 2 rings (SSSR count). The highest BCUT2D eigenvalue weighted by atomic mass is 127. The van der Waals surface area contributed by atoms with Gasteiger partial charge in [-0.25, -0.2) is 4.98 Å². The van der Waals surface area contributed by atoms with Crippen LogP contribution in [0.5, 0.6) is 0 Å². The smallest absolute Gasteiger partial charge is 0.313 e. The summed E-state index contributed by atoms with van der Waals surface area (Å²) in [5.74, 6) is -0.899. The number of halogens is 2. The monoisotopic (exact) mass is 408 g/mol. The first-order valence-corrected chi connectivity index (χ1v) is 7.77. The summed E-state index contributed by atoms with van der Waals surface area (Å²) >= 11 is 9.60. The zero-order valence-corrected chi connectivity index (χ0v) is 13.7. The van der Waals surface area contributed by atoms with Gasteiger partial charge in [0.25, 0.3) is 0 Å². The van der Waals surface area contributed by atoms with E-state index in [0.717, 1.165) is 15.0 Å². The van der Waals surface area contributed by atoms with Crippen LogP contribution in [0, 0.1) is 10.5 Å². The van der Waals surface area contributed by atoms with Gasteiger partial charge < -0.3 is 5.11 Å². The first-order chi connectivity index (χ1) is 8.99. The number of hydrogen-bond acceptors (Lipinski definition) is 3. The van der Waals surface area contributed by atoms with E-state index in [0.29, 0.717) is 10.2 Å². The topological polar surface area (TPSA) is 55.1 Å². The highest BCUT2D eigenvalue weighted by Gasteiger charge is 2.14. The number of aliphatic carboxylic acids is 1. The first kappa shape index (κ1) is 14.7. The Hall–Kier alpha value is -0.730. The lowest BCUT2D eigenvalue weighted by atomic mass is 10.3. The van der Waals surface area contributed by atoms with Gasteiger partial charge in [-0.2, -0.15) is 0 Å². The molecule has 1 heterocycles. The summed E-state index contributed by atoms with van der Waals surface area (Å²) in [4.78, 5) is 14.9. The molecule has 0 fully saturated rings. The molecule has 1 N–H and O–H groups in total. The minimum Gasteiger partial charge on any atom is -0.481 e. The number of benzene rings is 1. The normalized spacial score (nSPS) is 10.7. The Morgan fingerprint density at radius 2 is 2.32 bits per heavy atom. The molecule has 7 heteroatoms. The van der Waals surface area contributed by atoms with E-state index in [1.54, 1.807) is 6.20 Å². The minimum atomic E-state index is -0.869. The summed E-state index contributed by atoms with van der Waals surface area (Å²) in [5, 5.41) is 10.00. The largest absolute Gasteiger partial charge is 0.481 e. The van der Waals surface area contributed by atoms with Crippen molar-refractivity contribution in [2.45, 2.75) is 12.1 Å². The first-order valence-electron chi connectivity index (χ1n) is 5.33. The number of thioether (sulfide) groups is 1. The zero-order chi connectivity index (χ0) is 14.0. The number of carboxylic acids is 1. The number of hydrogen-bond donors (Lipinski definition) is 1. The third kappa shape index (κ3) is 3.43. The van der Waals surface area contributed by atoms with Gasteiger partial charge in [0, 0.05) is 15.5 Å². The van der Waals surface area contributed by atoms with Crippen molar-refractivity contribution in [2.24, 2.45) is 0 Å². The van der Waals surface area contributed by atoms with E-state index in [1.807, 2.05) is 29.7 Å². The van der Waals surface area contributed by atoms with Crippen LogP contribution in [0.15, 0.2) is 29.6 Å². The second-order valence-electron chi connectivity index (χ2n) is 3.80. The van der Waals surface area contributed by atoms with Crippen LogP contribution in [-0.4, -0.2) is 26.4 Å². The van der Waals surface area contributed by atoms with E-state index in [4.69, 9.17) is 16.7 Å². The number of rotatable bonds is 4. The zero-order valence-electron chi connectivity index (χ0n) is 9.93. The molecule has 0 saturated carbocycles. The summed E-state index contributed by atoms with van der Waals surface area (Å²) in [6, 6.07) is 5.69. The fraction of sp³-hybridized carbons (Fsp3) is 0.167. The van der Waals surface area contributed by atoms with Gasteiger partial charge in [0.1, 0.15) is 0 Å². The van der Waals surface area contributed by atoms with Crippen LogP contribution in [0.4, 0.5) is 0 Å². The highest BCUT2D eigenvalue weighted by molar-refractivity contribution is 14.1. The summed E-state index contributed by atoms with van der Waals surface area (Å²) in [7, 11) is 0. The molecular weight excluding hydrogens is 399 g/mol. The molecule has 0 bridgehead atoms. The van der Waals surface area contributed by atoms with Gasteiger partial charge in [-0.1, -0.05) is 23.4 Å². The van der Waals surface area contributed by atoms with Gasteiger partial charge in [-0.05, 0) is 47.7 Å². The van der Waals surface area contributed by atoms with Crippen LogP contribution in [-0.2, 0) is 4.79 Å². The van der Waals surface area contributed by atoms with E-state index < -0.39 is 5.97 Å². The molecule has 0 unspecified atom stereocenters. The molecule has 0 aliphatic heterocycles. The van der Waals surface area contributed by atoms with Gasteiger partial charge in [-0.3, -0.25) is 9.36 Å². The van der Waals surface area contributed by atoms with Crippen LogP contribution in [0.1, 0.15) is 5.69 Å². The molecule has 100 valence electrons. The van der Waals surface area contributed by atoms with E-state index >= 15 is 0 Å². The van der Waals surface area contributed by atoms with Crippen LogP contribution >= 0.6 is 46.0 Å². The quantitative estimate of drug-likeness (QED) is 0.620. The average molecular weight is 409 g/mol. The Balaban J connectivity index is 2.46. The van der Waals surface area contributed by atoms with Crippen molar-refractivity contribution in [3.8, 4) is 5.69 Å². The molecular formula is C12H10ClIN2O2S. The number of aryl methyl sites for hydroxylation is 1. The lowest BCUT2D eigenvalue weighted by Crippen LogP contribution is -2.03. The fourth-order valence-electron chi connectivity index (χ4n) is 1.59. The molecule has 0 radical (unpaired) electrons. The fourth-order valence-corrected chi connectivity index (χ4v) is 3.02. The van der Waals surface area contributed by atoms with Gasteiger partial charge in [0.15, 0.2) is 5.16 Å². The van der Waals surface area contributed by atoms with Crippen LogP contribution in [0.2, 0.25) is 5.02 Å². The minimum absolute atomic E-state index is 0.0298. The molecule has 19 heavy (non-hydrogen) atoms. The molecule has 0 aliphatic rings. The Bertz CT molecular complexity index is 630. The number of aromatic nitrogens is 2. The van der Waals surface area contributed by atoms with Crippen molar-refractivity contribution in [1.82, 2.24) is 9.55 Å². The SMILES string of the molecule is Cc1cnc(SCC(=O)O)n1-c1cc(I)ccc1Cl. The van der Waals surface area contributed by atoms with Crippen LogP contribution in [0.3, 0.4) is 0 Å². The van der Waals surface area contributed by atoms with E-state index in [9.17, 15) is 4.79 Å². The molecule has 1 aromatic heterocycles. The third-order valence-corrected chi connectivity index (χ3v) is 4.31. The lowest BCUT2D eigenvalue weighted by Gasteiger charge is -2.11. The van der Waals surface area contributed by atoms with Crippen molar-refractivity contribution in [3.63, 3.8) is 0 Å². The maximum absolute atomic E-state index is 10.7. The Morgan fingerprint density at radius 1 is 1.58 bits per heavy atom. The Kier molecular flexibility index (Phi) is 4.75. The number of nitrogens with zero attached hydrogens (tertiary/aromatic N) is 2. The molecule has 0 saturated heterocycles. The van der Waals surface area contributed by atoms with E-state index in [2.05, 4.69) is 27.6 Å². The molecule has 4 nitrogen and oxygen atoms in total. The van der Waals surface area contributed by atoms with Gasteiger partial charge in [0.05, 0.1) is 16.5 Å². The maximum Gasteiger partial charge on any atom is 0.313 e. The Labute approximate surface area is 133 Å². The predicted octanol–water partition coefficient (Wildman–Crippen LogP) is 3.62. The second-order valence-corrected chi connectivity index (χ2v) is 6.39. The summed E-state index contributed by atoms with van der Waals surface area (Å²) in [5.41, 5.74) is 1.73. The number of carbonyl (C=O) groups is 1. The predicted molar refractivity (Wildman–Crippen MR) is 84.4 cm³/mol. The van der Waals surface area contributed by atoms with Crippen molar-refractivity contribution in [1.29, 1.82) is 0 Å². The number of carboxylic acid groups (broad SMARTS) is 1. The average Bonchev–Trinajstić information content (AvgIpc) is 2.71. The van der Waals surface area contributed by atoms with Crippen molar-refractivity contribution in [2.75, 3.05) is 5.75 Å². The van der Waals surface area contributed by atoms with Gasteiger partial charge >= 0.3 is 5.97 Å².